The van der Waals surface area contributed by atoms with E-state index in [0.29, 0.717) is 6.07 Å². The highest BCUT2D eigenvalue weighted by Crippen LogP contribution is 2.31. The standard InChI is InChI=1S/C13H10F3NO/c1-13(18,11-2-3-17-7-12(11)16)8-4-9(14)6-10(15)5-8/h2-7,18H,1H3. The van der Waals surface area contributed by atoms with Gasteiger partial charge in [-0.3, -0.25) is 4.98 Å². The average molecular weight is 253 g/mol. The minimum absolute atomic E-state index is 0.0647. The lowest BCUT2D eigenvalue weighted by atomic mass is 9.88. The molecule has 2 rings (SSSR count). The van der Waals surface area contributed by atoms with Crippen LogP contribution in [0.15, 0.2) is 36.7 Å². The Labute approximate surface area is 102 Å². The average Bonchev–Trinajstić information content (AvgIpc) is 2.28. The van der Waals surface area contributed by atoms with Crippen LogP contribution in [0.2, 0.25) is 0 Å². The highest BCUT2D eigenvalue weighted by Gasteiger charge is 2.29. The predicted octanol–water partition coefficient (Wildman–Crippen LogP) is 2.75. The van der Waals surface area contributed by atoms with Crippen molar-refractivity contribution in [3.05, 3.63) is 65.2 Å². The third kappa shape index (κ3) is 2.22. The first kappa shape index (κ1) is 12.6. The van der Waals surface area contributed by atoms with Gasteiger partial charge in [0.25, 0.3) is 0 Å². The fraction of sp³-hybridized carbons (Fsp3) is 0.154. The SMILES string of the molecule is CC(O)(c1cc(F)cc(F)c1)c1ccncc1F. The van der Waals surface area contributed by atoms with Crippen LogP contribution >= 0.6 is 0 Å². The number of hydrogen-bond acceptors (Lipinski definition) is 2. The van der Waals surface area contributed by atoms with E-state index in [1.165, 1.54) is 19.2 Å². The highest BCUT2D eigenvalue weighted by molar-refractivity contribution is 5.35. The highest BCUT2D eigenvalue weighted by atomic mass is 19.1. The molecule has 18 heavy (non-hydrogen) atoms. The number of rotatable bonds is 2. The minimum Gasteiger partial charge on any atom is -0.381 e. The lowest BCUT2D eigenvalue weighted by Gasteiger charge is -2.24. The van der Waals surface area contributed by atoms with Gasteiger partial charge in [0.05, 0.1) is 6.20 Å². The number of hydrogen-bond donors (Lipinski definition) is 1. The van der Waals surface area contributed by atoms with Gasteiger partial charge >= 0.3 is 0 Å². The summed E-state index contributed by atoms with van der Waals surface area (Å²) >= 11 is 0. The van der Waals surface area contributed by atoms with Crippen LogP contribution in [0.5, 0.6) is 0 Å². The van der Waals surface area contributed by atoms with Gasteiger partial charge in [0.15, 0.2) is 0 Å². The van der Waals surface area contributed by atoms with Crippen molar-refractivity contribution < 1.29 is 18.3 Å². The van der Waals surface area contributed by atoms with Crippen molar-refractivity contribution in [2.75, 3.05) is 0 Å². The van der Waals surface area contributed by atoms with Crippen molar-refractivity contribution in [3.8, 4) is 0 Å². The van der Waals surface area contributed by atoms with E-state index in [2.05, 4.69) is 4.98 Å². The van der Waals surface area contributed by atoms with Crippen LogP contribution in [-0.2, 0) is 5.60 Å². The van der Waals surface area contributed by atoms with Crippen molar-refractivity contribution in [2.24, 2.45) is 0 Å². The Balaban J connectivity index is 2.57. The summed E-state index contributed by atoms with van der Waals surface area (Å²) in [7, 11) is 0. The maximum atomic E-state index is 13.6. The normalized spacial score (nSPS) is 14.3. The Morgan fingerprint density at radius 1 is 1.11 bits per heavy atom. The zero-order chi connectivity index (χ0) is 13.3. The van der Waals surface area contributed by atoms with Crippen molar-refractivity contribution in [1.29, 1.82) is 0 Å². The van der Waals surface area contributed by atoms with Crippen LogP contribution < -0.4 is 0 Å². The second-order valence-corrected chi connectivity index (χ2v) is 4.09. The monoisotopic (exact) mass is 253 g/mol. The van der Waals surface area contributed by atoms with E-state index >= 15 is 0 Å². The molecular weight excluding hydrogens is 243 g/mol. The van der Waals surface area contributed by atoms with Crippen LogP contribution in [-0.4, -0.2) is 10.1 Å². The number of nitrogens with zero attached hydrogens (tertiary/aromatic N) is 1. The van der Waals surface area contributed by atoms with Crippen LogP contribution in [0.4, 0.5) is 13.2 Å². The summed E-state index contributed by atoms with van der Waals surface area (Å²) in [6, 6.07) is 3.87. The molecule has 0 radical (unpaired) electrons. The third-order valence-corrected chi connectivity index (χ3v) is 2.72. The summed E-state index contributed by atoms with van der Waals surface area (Å²) in [5, 5.41) is 10.3. The van der Waals surface area contributed by atoms with Gasteiger partial charge in [-0.15, -0.1) is 0 Å². The fourth-order valence-corrected chi connectivity index (χ4v) is 1.76. The number of benzene rings is 1. The molecule has 94 valence electrons. The molecule has 2 nitrogen and oxygen atoms in total. The topological polar surface area (TPSA) is 33.1 Å². The largest absolute Gasteiger partial charge is 0.381 e. The summed E-state index contributed by atoms with van der Waals surface area (Å²) in [6.45, 7) is 1.26. The Morgan fingerprint density at radius 3 is 2.28 bits per heavy atom. The molecule has 0 saturated carbocycles. The summed E-state index contributed by atoms with van der Waals surface area (Å²) in [5.41, 5.74) is -2.00. The Kier molecular flexibility index (Phi) is 3.09. The maximum absolute atomic E-state index is 13.6. The van der Waals surface area contributed by atoms with Gasteiger partial charge in [-0.25, -0.2) is 13.2 Å². The van der Waals surface area contributed by atoms with Crippen molar-refractivity contribution in [2.45, 2.75) is 12.5 Å². The lowest BCUT2D eigenvalue weighted by molar-refractivity contribution is 0.0970. The molecule has 1 aromatic heterocycles. The van der Waals surface area contributed by atoms with Crippen molar-refractivity contribution in [1.82, 2.24) is 4.98 Å². The summed E-state index contributed by atoms with van der Waals surface area (Å²) < 4.78 is 39.8. The fourth-order valence-electron chi connectivity index (χ4n) is 1.76. The first-order valence-corrected chi connectivity index (χ1v) is 5.20. The van der Waals surface area contributed by atoms with Crippen LogP contribution in [0.1, 0.15) is 18.1 Å². The number of aromatic nitrogens is 1. The molecule has 1 aromatic carbocycles. The van der Waals surface area contributed by atoms with E-state index < -0.39 is 23.1 Å². The Morgan fingerprint density at radius 2 is 1.72 bits per heavy atom. The summed E-state index contributed by atoms with van der Waals surface area (Å²) in [4.78, 5) is 3.55. The molecule has 0 amide bonds. The smallest absolute Gasteiger partial charge is 0.147 e. The van der Waals surface area contributed by atoms with Gasteiger partial charge in [-0.2, -0.15) is 0 Å². The molecule has 1 unspecified atom stereocenters. The van der Waals surface area contributed by atoms with Gasteiger partial charge in [0.1, 0.15) is 23.1 Å². The zero-order valence-corrected chi connectivity index (χ0v) is 9.49. The summed E-state index contributed by atoms with van der Waals surface area (Å²) in [6.07, 6.45) is 2.22. The van der Waals surface area contributed by atoms with Gasteiger partial charge in [0, 0.05) is 17.8 Å². The maximum Gasteiger partial charge on any atom is 0.147 e. The lowest BCUT2D eigenvalue weighted by Crippen LogP contribution is -2.24. The molecule has 0 aliphatic carbocycles. The molecule has 0 bridgehead atoms. The van der Waals surface area contributed by atoms with E-state index in [-0.39, 0.29) is 11.1 Å². The number of pyridine rings is 1. The molecule has 2 aromatic rings. The molecule has 0 spiro atoms. The van der Waals surface area contributed by atoms with E-state index in [1.54, 1.807) is 0 Å². The minimum atomic E-state index is -1.84. The van der Waals surface area contributed by atoms with E-state index in [0.717, 1.165) is 18.3 Å². The third-order valence-electron chi connectivity index (χ3n) is 2.72. The van der Waals surface area contributed by atoms with Crippen LogP contribution in [0, 0.1) is 17.5 Å². The molecule has 1 atom stereocenters. The molecule has 1 heterocycles. The van der Waals surface area contributed by atoms with E-state index in [4.69, 9.17) is 0 Å². The van der Waals surface area contributed by atoms with E-state index in [1.807, 2.05) is 0 Å². The second-order valence-electron chi connectivity index (χ2n) is 4.09. The first-order valence-electron chi connectivity index (χ1n) is 5.20. The Bertz CT molecular complexity index is 564. The Hall–Kier alpha value is -1.88. The molecule has 0 fully saturated rings. The predicted molar refractivity (Wildman–Crippen MR) is 59.2 cm³/mol. The summed E-state index contributed by atoms with van der Waals surface area (Å²) in [5.74, 6) is -2.41. The van der Waals surface area contributed by atoms with Crippen molar-refractivity contribution >= 4 is 0 Å². The first-order chi connectivity index (χ1) is 8.41. The van der Waals surface area contributed by atoms with Crippen LogP contribution in [0.3, 0.4) is 0 Å². The second kappa shape index (κ2) is 4.42. The molecule has 0 aliphatic heterocycles. The number of aliphatic hydroxyl groups is 1. The van der Waals surface area contributed by atoms with E-state index in [9.17, 15) is 18.3 Å². The molecular formula is C13H10F3NO. The molecule has 0 aliphatic rings. The molecule has 1 N–H and O–H groups in total. The zero-order valence-electron chi connectivity index (χ0n) is 9.49. The molecule has 0 saturated heterocycles. The van der Waals surface area contributed by atoms with Crippen molar-refractivity contribution in [3.63, 3.8) is 0 Å². The molecule has 5 heteroatoms. The van der Waals surface area contributed by atoms with Gasteiger partial charge in [0.2, 0.25) is 0 Å². The van der Waals surface area contributed by atoms with Crippen LogP contribution in [0.25, 0.3) is 0 Å². The van der Waals surface area contributed by atoms with Gasteiger partial charge in [-0.05, 0) is 30.7 Å². The quantitative estimate of drug-likeness (QED) is 0.892. The number of halogens is 3. The van der Waals surface area contributed by atoms with Gasteiger partial charge < -0.3 is 5.11 Å². The van der Waals surface area contributed by atoms with Gasteiger partial charge in [-0.1, -0.05) is 0 Å².